The number of hydrogen-bond donors (Lipinski definition) is 1. The molecule has 0 aliphatic carbocycles. The zero-order valence-corrected chi connectivity index (χ0v) is 12.6. The summed E-state index contributed by atoms with van der Waals surface area (Å²) >= 11 is 1.65. The lowest BCUT2D eigenvalue weighted by Crippen LogP contribution is -2.29. The predicted octanol–water partition coefficient (Wildman–Crippen LogP) is 3.58. The lowest BCUT2D eigenvalue weighted by molar-refractivity contribution is 0.218. The van der Waals surface area contributed by atoms with E-state index in [2.05, 4.69) is 39.2 Å². The largest absolute Gasteiger partial charge is 0.316 e. The fourth-order valence-electron chi connectivity index (χ4n) is 2.51. The van der Waals surface area contributed by atoms with Gasteiger partial charge in [0.1, 0.15) is 5.82 Å². The van der Waals surface area contributed by atoms with Gasteiger partial charge in [-0.15, -0.1) is 11.3 Å². The Morgan fingerprint density at radius 1 is 1.25 bits per heavy atom. The van der Waals surface area contributed by atoms with E-state index in [0.717, 1.165) is 23.2 Å². The number of rotatable bonds is 4. The zero-order chi connectivity index (χ0) is 13.8. The number of nitrogens with zero attached hydrogens (tertiary/aromatic N) is 3. The number of piperidine rings is 1. The standard InChI is InChI=1S/C15H20N4S/c1-12-10-16-15(20-12)18-14-7-5-6-13(17-14)11-19-8-3-2-4-9-19/h5-7,10H,2-4,8-9,11H2,1H3,(H,16,17,18). The van der Waals surface area contributed by atoms with E-state index in [1.807, 2.05) is 12.3 Å². The van der Waals surface area contributed by atoms with E-state index >= 15 is 0 Å². The van der Waals surface area contributed by atoms with E-state index in [4.69, 9.17) is 0 Å². The van der Waals surface area contributed by atoms with Crippen LogP contribution in [0.25, 0.3) is 0 Å². The average molecular weight is 288 g/mol. The normalized spacial score (nSPS) is 16.2. The highest BCUT2D eigenvalue weighted by molar-refractivity contribution is 7.15. The van der Waals surface area contributed by atoms with Crippen molar-refractivity contribution in [3.8, 4) is 0 Å². The average Bonchev–Trinajstić information content (AvgIpc) is 2.86. The topological polar surface area (TPSA) is 41.1 Å². The van der Waals surface area contributed by atoms with Crippen LogP contribution in [0.1, 0.15) is 29.8 Å². The Hall–Kier alpha value is -1.46. The van der Waals surface area contributed by atoms with Crippen LogP contribution in [0.5, 0.6) is 0 Å². The summed E-state index contributed by atoms with van der Waals surface area (Å²) < 4.78 is 0. The summed E-state index contributed by atoms with van der Waals surface area (Å²) in [5, 5.41) is 4.19. The predicted molar refractivity (Wildman–Crippen MR) is 83.5 cm³/mol. The second kappa shape index (κ2) is 6.33. The molecule has 20 heavy (non-hydrogen) atoms. The number of likely N-dealkylation sites (tertiary alicyclic amines) is 1. The smallest absolute Gasteiger partial charge is 0.188 e. The number of thiazole rings is 1. The Balaban J connectivity index is 1.65. The van der Waals surface area contributed by atoms with Gasteiger partial charge >= 0.3 is 0 Å². The molecule has 2 aromatic heterocycles. The molecular weight excluding hydrogens is 268 g/mol. The molecule has 2 aromatic rings. The van der Waals surface area contributed by atoms with Crippen molar-refractivity contribution >= 4 is 22.3 Å². The van der Waals surface area contributed by atoms with Crippen LogP contribution in [0.4, 0.5) is 10.9 Å². The maximum Gasteiger partial charge on any atom is 0.188 e. The Bertz CT molecular complexity index is 561. The molecule has 1 fully saturated rings. The third-order valence-corrected chi connectivity index (χ3v) is 4.33. The van der Waals surface area contributed by atoms with Crippen LogP contribution in [-0.2, 0) is 6.54 Å². The highest BCUT2D eigenvalue weighted by Crippen LogP contribution is 2.21. The lowest BCUT2D eigenvalue weighted by atomic mass is 10.1. The summed E-state index contributed by atoms with van der Waals surface area (Å²) in [6, 6.07) is 6.17. The zero-order valence-electron chi connectivity index (χ0n) is 11.8. The highest BCUT2D eigenvalue weighted by atomic mass is 32.1. The van der Waals surface area contributed by atoms with Gasteiger partial charge in [-0.25, -0.2) is 9.97 Å². The fraction of sp³-hybridized carbons (Fsp3) is 0.467. The van der Waals surface area contributed by atoms with Crippen LogP contribution < -0.4 is 5.32 Å². The molecule has 5 heteroatoms. The molecule has 106 valence electrons. The first-order valence-corrected chi connectivity index (χ1v) is 7.99. The molecule has 0 spiro atoms. The van der Waals surface area contributed by atoms with E-state index in [1.54, 1.807) is 11.3 Å². The van der Waals surface area contributed by atoms with E-state index in [0.29, 0.717) is 0 Å². The number of aryl methyl sites for hydroxylation is 1. The van der Waals surface area contributed by atoms with E-state index in [9.17, 15) is 0 Å². The molecule has 0 aromatic carbocycles. The second-order valence-electron chi connectivity index (χ2n) is 5.25. The van der Waals surface area contributed by atoms with E-state index < -0.39 is 0 Å². The van der Waals surface area contributed by atoms with Crippen LogP contribution in [0.3, 0.4) is 0 Å². The quantitative estimate of drug-likeness (QED) is 0.933. The molecule has 3 rings (SSSR count). The second-order valence-corrected chi connectivity index (χ2v) is 6.49. The summed E-state index contributed by atoms with van der Waals surface area (Å²) in [4.78, 5) is 12.7. The van der Waals surface area contributed by atoms with Crippen LogP contribution in [-0.4, -0.2) is 28.0 Å². The lowest BCUT2D eigenvalue weighted by Gasteiger charge is -2.26. The minimum atomic E-state index is 0.883. The number of anilines is 2. The summed E-state index contributed by atoms with van der Waals surface area (Å²) in [7, 11) is 0. The minimum absolute atomic E-state index is 0.883. The fourth-order valence-corrected chi connectivity index (χ4v) is 3.18. The first-order chi connectivity index (χ1) is 9.79. The number of nitrogens with one attached hydrogen (secondary N) is 1. The first kappa shape index (κ1) is 13.5. The molecule has 0 saturated carbocycles. The van der Waals surface area contributed by atoms with Crippen molar-refractivity contribution in [2.75, 3.05) is 18.4 Å². The van der Waals surface area contributed by atoms with Crippen LogP contribution in [0.15, 0.2) is 24.4 Å². The molecule has 0 amide bonds. The Labute approximate surface area is 123 Å². The molecule has 1 N–H and O–H groups in total. The van der Waals surface area contributed by atoms with Crippen molar-refractivity contribution in [2.45, 2.75) is 32.7 Å². The third kappa shape index (κ3) is 3.55. The maximum atomic E-state index is 4.69. The van der Waals surface area contributed by atoms with Crippen molar-refractivity contribution in [1.29, 1.82) is 0 Å². The van der Waals surface area contributed by atoms with Gasteiger partial charge in [-0.1, -0.05) is 12.5 Å². The van der Waals surface area contributed by atoms with Gasteiger partial charge in [0.25, 0.3) is 0 Å². The number of aromatic nitrogens is 2. The minimum Gasteiger partial charge on any atom is -0.316 e. The van der Waals surface area contributed by atoms with Gasteiger partial charge in [-0.2, -0.15) is 0 Å². The molecular formula is C15H20N4S. The van der Waals surface area contributed by atoms with Gasteiger partial charge in [-0.3, -0.25) is 4.90 Å². The Kier molecular flexibility index (Phi) is 4.28. The number of pyridine rings is 1. The molecule has 3 heterocycles. The van der Waals surface area contributed by atoms with Gasteiger partial charge in [-0.05, 0) is 45.0 Å². The van der Waals surface area contributed by atoms with Gasteiger partial charge in [0.2, 0.25) is 0 Å². The van der Waals surface area contributed by atoms with Gasteiger partial charge in [0, 0.05) is 17.6 Å². The molecule has 0 radical (unpaired) electrons. The summed E-state index contributed by atoms with van der Waals surface area (Å²) in [6.07, 6.45) is 5.88. The van der Waals surface area contributed by atoms with E-state index in [-0.39, 0.29) is 0 Å². The Morgan fingerprint density at radius 2 is 2.10 bits per heavy atom. The van der Waals surface area contributed by atoms with Gasteiger partial charge in [0.15, 0.2) is 5.13 Å². The molecule has 1 saturated heterocycles. The first-order valence-electron chi connectivity index (χ1n) is 7.17. The summed E-state index contributed by atoms with van der Waals surface area (Å²) in [5.41, 5.74) is 1.13. The Morgan fingerprint density at radius 3 is 2.85 bits per heavy atom. The molecule has 1 aliphatic heterocycles. The van der Waals surface area contributed by atoms with Crippen LogP contribution in [0.2, 0.25) is 0 Å². The third-order valence-electron chi connectivity index (χ3n) is 3.50. The molecule has 0 bridgehead atoms. The van der Waals surface area contributed by atoms with Crippen molar-refractivity contribution in [2.24, 2.45) is 0 Å². The van der Waals surface area contributed by atoms with Gasteiger partial charge < -0.3 is 5.32 Å². The van der Waals surface area contributed by atoms with Crippen molar-refractivity contribution < 1.29 is 0 Å². The summed E-state index contributed by atoms with van der Waals surface area (Å²) in [6.45, 7) is 5.41. The SMILES string of the molecule is Cc1cnc(Nc2cccc(CN3CCCCC3)n2)s1. The molecule has 4 nitrogen and oxygen atoms in total. The summed E-state index contributed by atoms with van der Waals surface area (Å²) in [5.74, 6) is 0.883. The molecule has 1 aliphatic rings. The van der Waals surface area contributed by atoms with Crippen molar-refractivity contribution in [1.82, 2.24) is 14.9 Å². The molecule has 0 atom stereocenters. The molecule has 0 unspecified atom stereocenters. The van der Waals surface area contributed by atoms with Crippen molar-refractivity contribution in [3.63, 3.8) is 0 Å². The van der Waals surface area contributed by atoms with Gasteiger partial charge in [0.05, 0.1) is 5.69 Å². The number of hydrogen-bond acceptors (Lipinski definition) is 5. The van der Waals surface area contributed by atoms with Crippen molar-refractivity contribution in [3.05, 3.63) is 35.0 Å². The maximum absolute atomic E-state index is 4.69. The monoisotopic (exact) mass is 288 g/mol. The highest BCUT2D eigenvalue weighted by Gasteiger charge is 2.11. The van der Waals surface area contributed by atoms with Crippen LogP contribution in [0, 0.1) is 6.92 Å². The van der Waals surface area contributed by atoms with Crippen LogP contribution >= 0.6 is 11.3 Å². The van der Waals surface area contributed by atoms with E-state index in [1.165, 1.54) is 37.2 Å².